The Hall–Kier alpha value is -3.52. The minimum Gasteiger partial charge on any atom is -0.322 e. The molecule has 0 atom stereocenters. The van der Waals surface area contributed by atoms with Gasteiger partial charge in [-0.2, -0.15) is 0 Å². The van der Waals surface area contributed by atoms with Crippen LogP contribution in [0, 0.1) is 23.5 Å². The van der Waals surface area contributed by atoms with Gasteiger partial charge >= 0.3 is 0 Å². The summed E-state index contributed by atoms with van der Waals surface area (Å²) in [5.41, 5.74) is 1.35. The third-order valence-electron chi connectivity index (χ3n) is 3.29. The quantitative estimate of drug-likeness (QED) is 0.720. The minimum atomic E-state index is -0.787. The van der Waals surface area contributed by atoms with Crippen molar-refractivity contribution in [2.45, 2.75) is 0 Å². The van der Waals surface area contributed by atoms with E-state index in [1.165, 1.54) is 0 Å². The van der Waals surface area contributed by atoms with Crippen LogP contribution in [0.1, 0.15) is 21.6 Å². The van der Waals surface area contributed by atoms with Crippen molar-refractivity contribution in [2.24, 2.45) is 0 Å². The van der Waals surface area contributed by atoms with E-state index in [4.69, 9.17) is 0 Å². The number of nitrogens with zero attached hydrogens (tertiary/aromatic N) is 1. The van der Waals surface area contributed by atoms with E-state index in [0.717, 1.165) is 18.2 Å². The molecule has 1 aromatic heterocycles. The van der Waals surface area contributed by atoms with Crippen molar-refractivity contribution in [1.29, 1.82) is 0 Å². The predicted molar refractivity (Wildman–Crippen MR) is 91.0 cm³/mol. The van der Waals surface area contributed by atoms with Gasteiger partial charge in [-0.25, -0.2) is 13.8 Å². The monoisotopic (exact) mass is 334 g/mol. The average molecular weight is 334 g/mol. The van der Waals surface area contributed by atoms with Crippen LogP contribution in [-0.2, 0) is 0 Å². The zero-order valence-electron chi connectivity index (χ0n) is 13.0. The Morgan fingerprint density at radius 3 is 2.64 bits per heavy atom. The van der Waals surface area contributed by atoms with E-state index in [2.05, 4.69) is 22.1 Å². The highest BCUT2D eigenvalue weighted by Crippen LogP contribution is 2.15. The summed E-state index contributed by atoms with van der Waals surface area (Å²) in [6.07, 6.45) is 1.65. The number of hydrogen-bond acceptors (Lipinski definition) is 2. The van der Waals surface area contributed by atoms with E-state index in [1.54, 1.807) is 42.6 Å². The number of benzene rings is 2. The first-order chi connectivity index (χ1) is 12.1. The van der Waals surface area contributed by atoms with Crippen LogP contribution in [0.15, 0.2) is 66.9 Å². The maximum Gasteiger partial charge on any atom is 0.258 e. The van der Waals surface area contributed by atoms with Crippen molar-refractivity contribution >= 4 is 11.6 Å². The van der Waals surface area contributed by atoms with Crippen molar-refractivity contribution < 1.29 is 13.6 Å². The molecule has 0 saturated heterocycles. The molecular formula is C20H12F2N2O. The number of anilines is 1. The van der Waals surface area contributed by atoms with Gasteiger partial charge in [0.2, 0.25) is 0 Å². The molecule has 3 nitrogen and oxygen atoms in total. The molecule has 0 bridgehead atoms. The molecule has 5 heteroatoms. The van der Waals surface area contributed by atoms with Gasteiger partial charge in [0.1, 0.15) is 17.3 Å². The van der Waals surface area contributed by atoms with Crippen LogP contribution in [0.2, 0.25) is 0 Å². The number of amides is 1. The van der Waals surface area contributed by atoms with Crippen molar-refractivity contribution in [3.8, 4) is 11.8 Å². The maximum atomic E-state index is 13.7. The van der Waals surface area contributed by atoms with Gasteiger partial charge in [0, 0.05) is 17.4 Å². The Morgan fingerprint density at radius 2 is 1.84 bits per heavy atom. The molecular weight excluding hydrogens is 322 g/mol. The Labute approximate surface area is 143 Å². The molecule has 1 amide bonds. The van der Waals surface area contributed by atoms with E-state index in [0.29, 0.717) is 16.9 Å². The topological polar surface area (TPSA) is 42.0 Å². The largest absolute Gasteiger partial charge is 0.322 e. The molecule has 1 N–H and O–H groups in total. The Kier molecular flexibility index (Phi) is 4.82. The van der Waals surface area contributed by atoms with Crippen molar-refractivity contribution in [2.75, 3.05) is 5.32 Å². The van der Waals surface area contributed by atoms with Gasteiger partial charge in [-0.15, -0.1) is 0 Å². The molecule has 0 spiro atoms. The SMILES string of the molecule is O=C(Nc1cccc(C#Cc2ccccn2)c1)c1cc(F)ccc1F. The number of halogens is 2. The number of hydrogen-bond donors (Lipinski definition) is 1. The standard InChI is InChI=1S/C20H12F2N2O/c21-15-8-10-19(22)18(13-15)20(25)24-17-6-3-4-14(12-17)7-9-16-5-1-2-11-23-16/h1-6,8,10-13H,(H,24,25). The summed E-state index contributed by atoms with van der Waals surface area (Å²) < 4.78 is 26.9. The molecule has 0 fully saturated rings. The molecule has 25 heavy (non-hydrogen) atoms. The molecule has 0 unspecified atom stereocenters. The first-order valence-electron chi connectivity index (χ1n) is 7.41. The summed E-state index contributed by atoms with van der Waals surface area (Å²) in [7, 11) is 0. The fourth-order valence-electron chi connectivity index (χ4n) is 2.12. The minimum absolute atomic E-state index is 0.357. The molecule has 3 aromatic rings. The highest BCUT2D eigenvalue weighted by Gasteiger charge is 2.13. The lowest BCUT2D eigenvalue weighted by Crippen LogP contribution is -2.14. The molecule has 122 valence electrons. The molecule has 1 heterocycles. The summed E-state index contributed by atoms with van der Waals surface area (Å²) in [5.74, 6) is 3.65. The Bertz CT molecular complexity index is 976. The number of nitrogens with one attached hydrogen (secondary N) is 1. The maximum absolute atomic E-state index is 13.7. The van der Waals surface area contributed by atoms with Crippen LogP contribution in [0.25, 0.3) is 0 Å². The number of pyridine rings is 1. The molecule has 0 aliphatic heterocycles. The fraction of sp³-hybridized carbons (Fsp3) is 0. The molecule has 0 saturated carbocycles. The highest BCUT2D eigenvalue weighted by molar-refractivity contribution is 6.04. The zero-order valence-corrected chi connectivity index (χ0v) is 13.0. The lowest BCUT2D eigenvalue weighted by atomic mass is 10.1. The second-order valence-electron chi connectivity index (χ2n) is 5.12. The number of aromatic nitrogens is 1. The molecule has 2 aromatic carbocycles. The van der Waals surface area contributed by atoms with Crippen LogP contribution >= 0.6 is 0 Å². The van der Waals surface area contributed by atoms with Gasteiger partial charge in [-0.05, 0) is 54.5 Å². The lowest BCUT2D eigenvalue weighted by molar-refractivity contribution is 0.102. The summed E-state index contributed by atoms with van der Waals surface area (Å²) in [6.45, 7) is 0. The van der Waals surface area contributed by atoms with E-state index >= 15 is 0 Å². The van der Waals surface area contributed by atoms with Crippen LogP contribution in [0.4, 0.5) is 14.5 Å². The molecule has 0 radical (unpaired) electrons. The van der Waals surface area contributed by atoms with E-state index in [-0.39, 0.29) is 5.56 Å². The van der Waals surface area contributed by atoms with Gasteiger partial charge in [0.15, 0.2) is 0 Å². The summed E-state index contributed by atoms with van der Waals surface area (Å²) >= 11 is 0. The van der Waals surface area contributed by atoms with Gasteiger partial charge < -0.3 is 5.32 Å². The number of carbonyl (C=O) groups excluding carboxylic acids is 1. The molecule has 0 aliphatic rings. The van der Waals surface area contributed by atoms with Gasteiger partial charge in [0.05, 0.1) is 5.56 Å². The summed E-state index contributed by atoms with van der Waals surface area (Å²) in [4.78, 5) is 16.2. The average Bonchev–Trinajstić information content (AvgIpc) is 2.63. The normalized spacial score (nSPS) is 9.84. The number of carbonyl (C=O) groups is 1. The first kappa shape index (κ1) is 16.3. The Balaban J connectivity index is 1.79. The molecule has 3 rings (SSSR count). The van der Waals surface area contributed by atoms with Gasteiger partial charge in [-0.1, -0.05) is 18.1 Å². The third kappa shape index (κ3) is 4.27. The zero-order chi connectivity index (χ0) is 17.6. The van der Waals surface area contributed by atoms with Crippen molar-refractivity contribution in [1.82, 2.24) is 4.98 Å². The van der Waals surface area contributed by atoms with Crippen molar-refractivity contribution in [3.63, 3.8) is 0 Å². The fourth-order valence-corrected chi connectivity index (χ4v) is 2.12. The van der Waals surface area contributed by atoms with Crippen LogP contribution in [-0.4, -0.2) is 10.9 Å². The van der Waals surface area contributed by atoms with E-state index in [9.17, 15) is 13.6 Å². The van der Waals surface area contributed by atoms with Crippen LogP contribution < -0.4 is 5.32 Å². The smallest absolute Gasteiger partial charge is 0.258 e. The second kappa shape index (κ2) is 7.37. The van der Waals surface area contributed by atoms with Gasteiger partial charge in [0.25, 0.3) is 5.91 Å². The molecule has 0 aliphatic carbocycles. The number of rotatable bonds is 2. The Morgan fingerprint density at radius 1 is 0.960 bits per heavy atom. The second-order valence-corrected chi connectivity index (χ2v) is 5.12. The highest BCUT2D eigenvalue weighted by atomic mass is 19.1. The van der Waals surface area contributed by atoms with Crippen molar-refractivity contribution in [3.05, 3.63) is 95.3 Å². The van der Waals surface area contributed by atoms with Gasteiger partial charge in [-0.3, -0.25) is 4.79 Å². The lowest BCUT2D eigenvalue weighted by Gasteiger charge is -2.06. The predicted octanol–water partition coefficient (Wildman–Crippen LogP) is 4.01. The summed E-state index contributed by atoms with van der Waals surface area (Å²) in [6, 6.07) is 14.9. The van der Waals surface area contributed by atoms with Crippen LogP contribution in [0.3, 0.4) is 0 Å². The van der Waals surface area contributed by atoms with E-state index in [1.807, 2.05) is 6.07 Å². The van der Waals surface area contributed by atoms with E-state index < -0.39 is 17.5 Å². The van der Waals surface area contributed by atoms with Crippen LogP contribution in [0.5, 0.6) is 0 Å². The first-order valence-corrected chi connectivity index (χ1v) is 7.41. The third-order valence-corrected chi connectivity index (χ3v) is 3.29. The summed E-state index contributed by atoms with van der Waals surface area (Å²) in [5, 5.41) is 2.54.